The summed E-state index contributed by atoms with van der Waals surface area (Å²) in [6, 6.07) is 9.05. The molecule has 0 fully saturated rings. The lowest BCUT2D eigenvalue weighted by Gasteiger charge is -2.01. The van der Waals surface area contributed by atoms with Gasteiger partial charge in [-0.3, -0.25) is 4.79 Å². The summed E-state index contributed by atoms with van der Waals surface area (Å²) in [7, 11) is 0. The molecule has 0 saturated carbocycles. The van der Waals surface area contributed by atoms with Gasteiger partial charge in [-0.15, -0.1) is 0 Å². The van der Waals surface area contributed by atoms with Gasteiger partial charge in [0.05, 0.1) is 0 Å². The monoisotopic (exact) mass is 246 g/mol. The summed E-state index contributed by atoms with van der Waals surface area (Å²) in [4.78, 5) is 25.7. The Hall–Kier alpha value is -2.26. The molecule has 0 heterocycles. The largest absolute Gasteiger partial charge is 0.452 e. The van der Waals surface area contributed by atoms with Crippen LogP contribution in [-0.2, 0) is 20.9 Å². The molecule has 0 atom stereocenters. The van der Waals surface area contributed by atoms with Crippen molar-refractivity contribution in [2.24, 2.45) is 0 Å². The van der Waals surface area contributed by atoms with Gasteiger partial charge in [0.1, 0.15) is 6.61 Å². The van der Waals surface area contributed by atoms with Crippen molar-refractivity contribution in [2.75, 3.05) is 0 Å². The lowest BCUT2D eigenvalue weighted by atomic mass is 10.1. The standard InChI is InChI=1S/C13H14N2O3/c1-2-6-11(16)12(15-14)13(17)18-9-10-7-4-3-5-8-10/h3-5,7-8H,2,6,9H2,1H3. The van der Waals surface area contributed by atoms with Crippen molar-refractivity contribution in [1.82, 2.24) is 0 Å². The maximum atomic E-state index is 11.5. The summed E-state index contributed by atoms with van der Waals surface area (Å²) in [5.74, 6) is -1.42. The zero-order valence-electron chi connectivity index (χ0n) is 10.1. The summed E-state index contributed by atoms with van der Waals surface area (Å²) in [6.07, 6.45) is 0.726. The van der Waals surface area contributed by atoms with Gasteiger partial charge in [0, 0.05) is 6.42 Å². The second kappa shape index (κ2) is 7.14. The molecular formula is C13H14N2O3. The molecule has 5 nitrogen and oxygen atoms in total. The third kappa shape index (κ3) is 3.96. The Kier molecular flexibility index (Phi) is 5.48. The van der Waals surface area contributed by atoms with Gasteiger partial charge in [-0.1, -0.05) is 37.3 Å². The van der Waals surface area contributed by atoms with Gasteiger partial charge in [0.25, 0.3) is 5.78 Å². The molecule has 0 aliphatic carbocycles. The summed E-state index contributed by atoms with van der Waals surface area (Å²) in [6.45, 7) is 1.83. The van der Waals surface area contributed by atoms with E-state index in [9.17, 15) is 9.59 Å². The Bertz CT molecular complexity index is 476. The summed E-state index contributed by atoms with van der Waals surface area (Å²) in [5, 5.41) is 0. The van der Waals surface area contributed by atoms with Crippen molar-refractivity contribution in [1.29, 1.82) is 0 Å². The highest BCUT2D eigenvalue weighted by Gasteiger charge is 2.30. The van der Waals surface area contributed by atoms with E-state index >= 15 is 0 Å². The van der Waals surface area contributed by atoms with E-state index in [0.29, 0.717) is 6.42 Å². The Labute approximate surface area is 105 Å². The van der Waals surface area contributed by atoms with E-state index in [0.717, 1.165) is 5.56 Å². The summed E-state index contributed by atoms with van der Waals surface area (Å²) >= 11 is 0. The maximum absolute atomic E-state index is 11.5. The molecular weight excluding hydrogens is 232 g/mol. The zero-order valence-corrected chi connectivity index (χ0v) is 10.1. The van der Waals surface area contributed by atoms with Gasteiger partial charge in [0.2, 0.25) is 0 Å². The molecule has 18 heavy (non-hydrogen) atoms. The van der Waals surface area contributed by atoms with Crippen molar-refractivity contribution in [2.45, 2.75) is 26.4 Å². The Morgan fingerprint density at radius 3 is 2.50 bits per heavy atom. The number of rotatable bonds is 6. The highest BCUT2D eigenvalue weighted by molar-refractivity contribution is 6.62. The van der Waals surface area contributed by atoms with Crippen LogP contribution in [0.5, 0.6) is 0 Å². The first-order valence-corrected chi connectivity index (χ1v) is 5.65. The minimum Gasteiger partial charge on any atom is -0.452 e. The minimum atomic E-state index is -0.903. The predicted molar refractivity (Wildman–Crippen MR) is 64.8 cm³/mol. The van der Waals surface area contributed by atoms with Gasteiger partial charge < -0.3 is 10.3 Å². The first-order valence-electron chi connectivity index (χ1n) is 5.65. The van der Waals surface area contributed by atoms with Crippen molar-refractivity contribution < 1.29 is 19.1 Å². The molecule has 0 aliphatic rings. The number of benzene rings is 1. The van der Waals surface area contributed by atoms with E-state index in [1.807, 2.05) is 18.2 Å². The molecule has 0 unspecified atom stereocenters. The molecule has 0 bridgehead atoms. The number of carbonyl (C=O) groups is 2. The SMILES string of the molecule is CCCC(=O)C(=[N+]=[N-])C(=O)OCc1ccccc1. The lowest BCUT2D eigenvalue weighted by Crippen LogP contribution is -2.27. The van der Waals surface area contributed by atoms with Gasteiger partial charge in [-0.2, -0.15) is 4.79 Å². The van der Waals surface area contributed by atoms with Crippen LogP contribution in [0.2, 0.25) is 0 Å². The van der Waals surface area contributed by atoms with Crippen LogP contribution in [0.4, 0.5) is 0 Å². The van der Waals surface area contributed by atoms with Crippen LogP contribution in [0.25, 0.3) is 5.53 Å². The average Bonchev–Trinajstić information content (AvgIpc) is 2.39. The molecule has 5 heteroatoms. The van der Waals surface area contributed by atoms with Gasteiger partial charge in [-0.25, -0.2) is 4.79 Å². The lowest BCUT2D eigenvalue weighted by molar-refractivity contribution is -0.143. The number of nitrogens with zero attached hydrogens (tertiary/aromatic N) is 2. The Morgan fingerprint density at radius 1 is 1.28 bits per heavy atom. The molecule has 0 aliphatic heterocycles. The number of ketones is 1. The molecule has 0 radical (unpaired) electrons. The fourth-order valence-corrected chi connectivity index (χ4v) is 1.35. The first kappa shape index (κ1) is 13.8. The number of Topliss-reactive ketones (excluding diaryl/α,β-unsaturated/α-hetero) is 1. The fourth-order valence-electron chi connectivity index (χ4n) is 1.35. The van der Waals surface area contributed by atoms with Crippen molar-refractivity contribution >= 4 is 17.5 Å². The van der Waals surface area contributed by atoms with Crippen LogP contribution in [-0.4, -0.2) is 22.3 Å². The third-order valence-corrected chi connectivity index (χ3v) is 2.25. The Morgan fingerprint density at radius 2 is 1.94 bits per heavy atom. The first-order chi connectivity index (χ1) is 8.69. The van der Waals surface area contributed by atoms with E-state index in [4.69, 9.17) is 10.3 Å². The summed E-state index contributed by atoms with van der Waals surface area (Å²) in [5.41, 5.74) is 8.91. The zero-order chi connectivity index (χ0) is 13.4. The van der Waals surface area contributed by atoms with Crippen LogP contribution in [0.3, 0.4) is 0 Å². The Balaban J connectivity index is 2.59. The summed E-state index contributed by atoms with van der Waals surface area (Å²) < 4.78 is 4.90. The molecule has 1 rings (SSSR count). The molecule has 0 aromatic heterocycles. The topological polar surface area (TPSA) is 79.8 Å². The van der Waals surface area contributed by atoms with Crippen LogP contribution in [0.15, 0.2) is 30.3 Å². The van der Waals surface area contributed by atoms with Gasteiger partial charge >= 0.3 is 11.7 Å². The average molecular weight is 246 g/mol. The van der Waals surface area contributed by atoms with Crippen LogP contribution in [0.1, 0.15) is 25.3 Å². The van der Waals surface area contributed by atoms with E-state index in [1.165, 1.54) is 0 Å². The molecule has 0 saturated heterocycles. The molecule has 0 spiro atoms. The molecule has 1 aromatic rings. The van der Waals surface area contributed by atoms with Crippen LogP contribution < -0.4 is 0 Å². The highest BCUT2D eigenvalue weighted by atomic mass is 16.5. The molecule has 0 amide bonds. The van der Waals surface area contributed by atoms with Gasteiger partial charge in [-0.05, 0) is 12.0 Å². The number of carbonyl (C=O) groups excluding carboxylic acids is 2. The van der Waals surface area contributed by atoms with Crippen LogP contribution >= 0.6 is 0 Å². The van der Waals surface area contributed by atoms with E-state index in [2.05, 4.69) is 4.79 Å². The normalized spacial score (nSPS) is 9.39. The van der Waals surface area contributed by atoms with Crippen molar-refractivity contribution in [3.63, 3.8) is 0 Å². The molecule has 1 aromatic carbocycles. The van der Waals surface area contributed by atoms with E-state index < -0.39 is 17.5 Å². The quantitative estimate of drug-likeness (QED) is 0.252. The second-order valence-corrected chi connectivity index (χ2v) is 3.68. The number of hydrogen-bond donors (Lipinski definition) is 0. The molecule has 94 valence electrons. The van der Waals surface area contributed by atoms with E-state index in [-0.39, 0.29) is 13.0 Å². The van der Waals surface area contributed by atoms with Gasteiger partial charge in [0.15, 0.2) is 0 Å². The third-order valence-electron chi connectivity index (χ3n) is 2.25. The number of esters is 1. The van der Waals surface area contributed by atoms with Crippen molar-refractivity contribution in [3.05, 3.63) is 41.4 Å². The minimum absolute atomic E-state index is 0.0398. The maximum Gasteiger partial charge on any atom is 0.441 e. The number of hydrogen-bond acceptors (Lipinski definition) is 3. The van der Waals surface area contributed by atoms with Crippen LogP contribution in [0, 0.1) is 0 Å². The molecule has 0 N–H and O–H groups in total. The fraction of sp³-hybridized carbons (Fsp3) is 0.308. The highest BCUT2D eigenvalue weighted by Crippen LogP contribution is 2.01. The van der Waals surface area contributed by atoms with Crippen molar-refractivity contribution in [3.8, 4) is 0 Å². The van der Waals surface area contributed by atoms with E-state index in [1.54, 1.807) is 19.1 Å². The number of ether oxygens (including phenoxy) is 1. The smallest absolute Gasteiger partial charge is 0.441 e. The second-order valence-electron chi connectivity index (χ2n) is 3.68. The predicted octanol–water partition coefficient (Wildman–Crippen LogP) is 1.77.